The highest BCUT2D eigenvalue weighted by atomic mass is 35.5. The highest BCUT2D eigenvalue weighted by molar-refractivity contribution is 7.51. The van der Waals surface area contributed by atoms with Crippen LogP contribution in [0.5, 0.6) is 0 Å². The number of aliphatic hydroxyl groups excluding tert-OH is 2. The van der Waals surface area contributed by atoms with Gasteiger partial charge in [0.1, 0.15) is 24.7 Å². The summed E-state index contributed by atoms with van der Waals surface area (Å²) in [7, 11) is -2.46. The van der Waals surface area contributed by atoms with Crippen LogP contribution in [-0.2, 0) is 27.6 Å². The van der Waals surface area contributed by atoms with Gasteiger partial charge in [0.25, 0.3) is 0 Å². The van der Waals surface area contributed by atoms with Gasteiger partial charge in [0, 0.05) is 26.0 Å². The lowest BCUT2D eigenvalue weighted by Gasteiger charge is -2.17. The van der Waals surface area contributed by atoms with Crippen molar-refractivity contribution in [2.24, 2.45) is 7.05 Å². The van der Waals surface area contributed by atoms with Gasteiger partial charge >= 0.3 is 7.60 Å². The quantitative estimate of drug-likeness (QED) is 0.216. The van der Waals surface area contributed by atoms with Gasteiger partial charge in [0.2, 0.25) is 5.28 Å². The van der Waals surface area contributed by atoms with Gasteiger partial charge < -0.3 is 39.4 Å². The lowest BCUT2D eigenvalue weighted by atomic mass is 10.1. The molecule has 4 rings (SSSR count). The van der Waals surface area contributed by atoms with Crippen LogP contribution in [0.25, 0.3) is 11.2 Å². The zero-order valence-corrected chi connectivity index (χ0v) is 18.5. The molecule has 0 amide bonds. The lowest BCUT2D eigenvalue weighted by Crippen LogP contribution is -2.33. The third-order valence-electron chi connectivity index (χ3n) is 4.90. The van der Waals surface area contributed by atoms with Crippen molar-refractivity contribution in [3.8, 4) is 0 Å². The zero-order chi connectivity index (χ0) is 23.0. The second-order valence-electron chi connectivity index (χ2n) is 7.41. The van der Waals surface area contributed by atoms with Gasteiger partial charge in [-0.2, -0.15) is 9.97 Å². The van der Waals surface area contributed by atoms with Crippen molar-refractivity contribution in [2.75, 3.05) is 18.3 Å². The number of aliphatic hydroxyl groups is 2. The molecular weight excluding hydrogens is 467 g/mol. The molecule has 0 unspecified atom stereocenters. The summed E-state index contributed by atoms with van der Waals surface area (Å²) >= 11 is 6.10. The number of anilines is 1. The number of halogens is 1. The van der Waals surface area contributed by atoms with E-state index < -0.39 is 38.5 Å². The lowest BCUT2D eigenvalue weighted by molar-refractivity contribution is -0.0612. The average Bonchev–Trinajstić information content (AvgIpc) is 3.39. The zero-order valence-electron chi connectivity index (χ0n) is 16.8. The normalized spacial score (nSPS) is 23.8. The molecule has 4 heterocycles. The molecule has 0 bridgehead atoms. The summed E-state index contributed by atoms with van der Waals surface area (Å²) in [6.07, 6.45) is -0.411. The summed E-state index contributed by atoms with van der Waals surface area (Å²) in [5, 5.41) is 23.9. The third-order valence-corrected chi connectivity index (χ3v) is 5.59. The van der Waals surface area contributed by atoms with Crippen LogP contribution in [-0.4, -0.2) is 75.4 Å². The molecule has 0 aromatic carbocycles. The first-order chi connectivity index (χ1) is 15.1. The highest BCUT2D eigenvalue weighted by Crippen LogP contribution is 2.36. The van der Waals surface area contributed by atoms with E-state index in [1.54, 1.807) is 0 Å². The van der Waals surface area contributed by atoms with Gasteiger partial charge in [-0.15, -0.1) is 0 Å². The Morgan fingerprint density at radius 2 is 2.09 bits per heavy atom. The molecule has 0 aliphatic carbocycles. The van der Waals surface area contributed by atoms with Gasteiger partial charge in [-0.1, -0.05) is 0 Å². The molecule has 1 aliphatic heterocycles. The Balaban J connectivity index is 1.54. The Hall–Kier alpha value is -2.09. The first-order valence-electron chi connectivity index (χ1n) is 9.51. The fourth-order valence-electron chi connectivity index (χ4n) is 3.44. The molecule has 0 spiro atoms. The van der Waals surface area contributed by atoms with E-state index in [9.17, 15) is 14.8 Å². The fourth-order valence-corrected chi connectivity index (χ4v) is 3.94. The van der Waals surface area contributed by atoms with Crippen molar-refractivity contribution in [3.63, 3.8) is 0 Å². The van der Waals surface area contributed by atoms with E-state index in [1.807, 2.05) is 30.1 Å². The van der Waals surface area contributed by atoms with Crippen molar-refractivity contribution in [1.29, 1.82) is 0 Å². The molecule has 5 N–H and O–H groups in total. The smallest absolute Gasteiger partial charge is 0.350 e. The maximum Gasteiger partial charge on any atom is 0.350 e. The molecule has 0 saturated carbocycles. The van der Waals surface area contributed by atoms with Crippen LogP contribution in [0.1, 0.15) is 11.8 Å². The van der Waals surface area contributed by atoms with Crippen LogP contribution in [0.15, 0.2) is 24.8 Å². The summed E-state index contributed by atoms with van der Waals surface area (Å²) in [6.45, 7) is 0.141. The molecular formula is C17H22ClN6O7P. The number of aromatic nitrogens is 5. The van der Waals surface area contributed by atoms with E-state index in [0.717, 1.165) is 5.56 Å². The molecule has 15 heteroatoms. The first kappa shape index (κ1) is 23.1. The Bertz CT molecular complexity index is 1150. The van der Waals surface area contributed by atoms with Crippen molar-refractivity contribution < 1.29 is 34.0 Å². The number of rotatable bonds is 8. The second kappa shape index (κ2) is 9.04. The van der Waals surface area contributed by atoms with Gasteiger partial charge in [0.05, 0.1) is 12.9 Å². The van der Waals surface area contributed by atoms with Crippen LogP contribution in [0, 0.1) is 0 Å². The Kier molecular flexibility index (Phi) is 6.52. The highest BCUT2D eigenvalue weighted by Gasteiger charge is 2.44. The van der Waals surface area contributed by atoms with E-state index in [0.29, 0.717) is 17.9 Å². The van der Waals surface area contributed by atoms with E-state index in [4.69, 9.17) is 30.9 Å². The summed E-state index contributed by atoms with van der Waals surface area (Å²) in [4.78, 5) is 30.5. The van der Waals surface area contributed by atoms with Gasteiger partial charge in [-0.05, 0) is 23.2 Å². The summed E-state index contributed by atoms with van der Waals surface area (Å²) in [5.41, 5.74) is 1.68. The minimum Gasteiger partial charge on any atom is -0.387 e. The Morgan fingerprint density at radius 3 is 2.78 bits per heavy atom. The Labute approximate surface area is 186 Å². The topological polar surface area (TPSA) is 177 Å². The second-order valence-corrected chi connectivity index (χ2v) is 9.34. The molecule has 3 aromatic heterocycles. The molecule has 0 radical (unpaired) electrons. The predicted molar refractivity (Wildman–Crippen MR) is 112 cm³/mol. The van der Waals surface area contributed by atoms with Crippen LogP contribution in [0.3, 0.4) is 0 Å². The maximum absolute atomic E-state index is 10.9. The van der Waals surface area contributed by atoms with Gasteiger partial charge in [-0.3, -0.25) is 9.13 Å². The summed E-state index contributed by atoms with van der Waals surface area (Å²) in [6, 6.07) is 1.95. The standard InChI is InChI=1S/C17H22ClN6O7P/c1-23-3-2-9(5-23)4-19-14-11-15(22-17(18)21-14)24(7-20-11)16-13(26)12(25)10(31-16)6-30-8-32(27,28)29/h2-3,5,7,10,12-13,16,25-26H,4,6,8H2,1H3,(H,19,21,22)(H2,27,28,29)/t10-,12-,13-,16-/m1/s1. The number of ether oxygens (including phenoxy) is 2. The van der Waals surface area contributed by atoms with Gasteiger partial charge in [-0.25, -0.2) is 4.98 Å². The molecule has 13 nitrogen and oxygen atoms in total. The number of aryl methyl sites for hydroxylation is 1. The number of nitrogens with one attached hydrogen (secondary N) is 1. The maximum atomic E-state index is 10.9. The molecule has 1 saturated heterocycles. The SMILES string of the molecule is Cn1ccc(CNc2nc(Cl)nc3c2ncn3[C@@H]2O[C@H](COCP(=O)(O)O)[C@@H](O)[C@H]2O)c1. The number of fused-ring (bicyclic) bond motifs is 1. The molecule has 32 heavy (non-hydrogen) atoms. The van der Waals surface area contributed by atoms with Crippen LogP contribution >= 0.6 is 19.2 Å². The van der Waals surface area contributed by atoms with Crippen molar-refractivity contribution in [1.82, 2.24) is 24.1 Å². The number of imidazole rings is 1. The van der Waals surface area contributed by atoms with Crippen molar-refractivity contribution in [2.45, 2.75) is 31.1 Å². The minimum atomic E-state index is -4.37. The monoisotopic (exact) mass is 488 g/mol. The minimum absolute atomic E-state index is 0.0515. The molecule has 4 atom stereocenters. The molecule has 1 fully saturated rings. The third kappa shape index (κ3) is 4.95. The number of nitrogens with zero attached hydrogens (tertiary/aromatic N) is 5. The molecule has 174 valence electrons. The Morgan fingerprint density at radius 1 is 1.31 bits per heavy atom. The van der Waals surface area contributed by atoms with Crippen LogP contribution in [0.2, 0.25) is 5.28 Å². The average molecular weight is 489 g/mol. The van der Waals surface area contributed by atoms with E-state index in [2.05, 4.69) is 20.3 Å². The summed E-state index contributed by atoms with van der Waals surface area (Å²) in [5.74, 6) is 0.386. The molecule has 1 aliphatic rings. The first-order valence-corrected chi connectivity index (χ1v) is 11.7. The van der Waals surface area contributed by atoms with E-state index in [-0.39, 0.29) is 17.5 Å². The molecule has 3 aromatic rings. The summed E-state index contributed by atoms with van der Waals surface area (Å²) < 4.78 is 24.9. The number of hydrogen-bond acceptors (Lipinski definition) is 9. The fraction of sp³-hybridized carbons (Fsp3) is 0.471. The predicted octanol–water partition coefficient (Wildman–Crippen LogP) is 0.201. The van der Waals surface area contributed by atoms with E-state index >= 15 is 0 Å². The number of hydrogen-bond donors (Lipinski definition) is 5. The van der Waals surface area contributed by atoms with Crippen molar-refractivity contribution in [3.05, 3.63) is 35.6 Å². The van der Waals surface area contributed by atoms with Crippen molar-refractivity contribution >= 4 is 36.2 Å². The van der Waals surface area contributed by atoms with Crippen LogP contribution in [0.4, 0.5) is 5.82 Å². The van der Waals surface area contributed by atoms with E-state index in [1.165, 1.54) is 10.9 Å². The van der Waals surface area contributed by atoms with Gasteiger partial charge in [0.15, 0.2) is 23.2 Å². The van der Waals surface area contributed by atoms with Crippen LogP contribution < -0.4 is 5.32 Å². The largest absolute Gasteiger partial charge is 0.387 e.